The van der Waals surface area contributed by atoms with Gasteiger partial charge in [-0.05, 0) is 81.8 Å². The molecule has 0 aromatic heterocycles. The van der Waals surface area contributed by atoms with Crippen LogP contribution in [0.5, 0.6) is 0 Å². The van der Waals surface area contributed by atoms with E-state index in [0.717, 1.165) is 44.9 Å². The van der Waals surface area contributed by atoms with Gasteiger partial charge in [0, 0.05) is 43.5 Å². The highest BCUT2D eigenvalue weighted by atomic mass is 16.3. The molecule has 1 aliphatic heterocycles. The van der Waals surface area contributed by atoms with Gasteiger partial charge >= 0.3 is 0 Å². The van der Waals surface area contributed by atoms with Crippen LogP contribution in [-0.4, -0.2) is 53.7 Å². The number of amides is 1. The number of hydrogen-bond donors (Lipinski definition) is 3. The van der Waals surface area contributed by atoms with Crippen molar-refractivity contribution in [3.8, 4) is 0 Å². The molecule has 0 atom stereocenters. The lowest BCUT2D eigenvalue weighted by Crippen LogP contribution is -2.49. The second-order valence-electron chi connectivity index (χ2n) is 10.0. The maximum atomic E-state index is 12.7. The van der Waals surface area contributed by atoms with Crippen molar-refractivity contribution in [1.82, 2.24) is 4.90 Å². The second kappa shape index (κ2) is 9.51. The minimum Gasteiger partial charge on any atom is -0.397 e. The number of piperidine rings is 1. The topological polar surface area (TPSA) is 81.8 Å². The number of benzene rings is 2. The van der Waals surface area contributed by atoms with Gasteiger partial charge in [-0.15, -0.1) is 0 Å². The van der Waals surface area contributed by atoms with Crippen molar-refractivity contribution < 1.29 is 9.90 Å². The van der Waals surface area contributed by atoms with E-state index in [1.807, 2.05) is 44.2 Å². The first-order valence-electron chi connectivity index (χ1n) is 11.8. The molecule has 4 N–H and O–H groups in total. The smallest absolute Gasteiger partial charge is 0.255 e. The first-order valence-corrected chi connectivity index (χ1v) is 11.8. The molecule has 1 heterocycles. The highest BCUT2D eigenvalue weighted by molar-refractivity contribution is 6.05. The van der Waals surface area contributed by atoms with Gasteiger partial charge in [0.1, 0.15) is 0 Å². The van der Waals surface area contributed by atoms with Crippen molar-refractivity contribution in [2.24, 2.45) is 5.92 Å². The van der Waals surface area contributed by atoms with E-state index in [2.05, 4.69) is 27.2 Å². The normalized spacial score (nSPS) is 17.8. The highest BCUT2D eigenvalue weighted by Gasteiger charge is 2.31. The van der Waals surface area contributed by atoms with Crippen LogP contribution in [0, 0.1) is 5.92 Å². The number of carbonyl (C=O) groups is 1. The zero-order chi connectivity index (χ0) is 22.7. The van der Waals surface area contributed by atoms with Gasteiger partial charge in [0.15, 0.2) is 0 Å². The summed E-state index contributed by atoms with van der Waals surface area (Å²) in [7, 11) is 0. The average molecular weight is 437 g/mol. The zero-order valence-corrected chi connectivity index (χ0v) is 19.3. The molecular formula is C26H36N4O2. The third-order valence-electron chi connectivity index (χ3n) is 6.43. The lowest BCUT2D eigenvalue weighted by Gasteiger charge is -2.41. The summed E-state index contributed by atoms with van der Waals surface area (Å²) in [5, 5.41) is 13.0. The molecule has 1 saturated carbocycles. The first kappa shape index (κ1) is 22.6. The number of para-hydroxylation sites is 2. The summed E-state index contributed by atoms with van der Waals surface area (Å²) in [5.41, 5.74) is 8.31. The van der Waals surface area contributed by atoms with E-state index in [-0.39, 0.29) is 5.91 Å². The summed E-state index contributed by atoms with van der Waals surface area (Å²) in [5.74, 6) is 0.636. The molecule has 2 fully saturated rings. The minimum absolute atomic E-state index is 0.150. The van der Waals surface area contributed by atoms with Crippen molar-refractivity contribution in [2.45, 2.75) is 51.2 Å². The number of β-amino-alcohol motifs (C(OH)–C–C–N with tert-alkyl or cyclic N) is 1. The Labute approximate surface area is 191 Å². The van der Waals surface area contributed by atoms with Crippen LogP contribution in [0.15, 0.2) is 48.5 Å². The van der Waals surface area contributed by atoms with Crippen molar-refractivity contribution in [2.75, 3.05) is 42.1 Å². The van der Waals surface area contributed by atoms with Crippen LogP contribution in [0.3, 0.4) is 0 Å². The Kier molecular flexibility index (Phi) is 6.72. The third kappa shape index (κ3) is 6.02. The molecule has 1 saturated heterocycles. The number of carbonyl (C=O) groups excluding carboxylic acids is 1. The Hall–Kier alpha value is -2.57. The summed E-state index contributed by atoms with van der Waals surface area (Å²) < 4.78 is 0. The van der Waals surface area contributed by atoms with Gasteiger partial charge in [0.2, 0.25) is 0 Å². The molecule has 32 heavy (non-hydrogen) atoms. The largest absolute Gasteiger partial charge is 0.397 e. The molecule has 0 bridgehead atoms. The minimum atomic E-state index is -0.651. The summed E-state index contributed by atoms with van der Waals surface area (Å²) in [4.78, 5) is 17.6. The highest BCUT2D eigenvalue weighted by Crippen LogP contribution is 2.34. The maximum absolute atomic E-state index is 12.7. The third-order valence-corrected chi connectivity index (χ3v) is 6.43. The van der Waals surface area contributed by atoms with Gasteiger partial charge < -0.3 is 26.0 Å². The molecule has 0 radical (unpaired) electrons. The number of nitrogens with one attached hydrogen (secondary N) is 1. The van der Waals surface area contributed by atoms with Gasteiger partial charge in [0.05, 0.1) is 17.0 Å². The van der Waals surface area contributed by atoms with E-state index >= 15 is 0 Å². The second-order valence-corrected chi connectivity index (χ2v) is 10.0. The zero-order valence-electron chi connectivity index (χ0n) is 19.3. The predicted octanol–water partition coefficient (Wildman–Crippen LogP) is 3.97. The van der Waals surface area contributed by atoms with Gasteiger partial charge in [-0.3, -0.25) is 4.79 Å². The van der Waals surface area contributed by atoms with E-state index < -0.39 is 5.60 Å². The number of nitrogen functional groups attached to an aromatic ring is 1. The Balaban J connectivity index is 1.41. The Morgan fingerprint density at radius 1 is 1.09 bits per heavy atom. The summed E-state index contributed by atoms with van der Waals surface area (Å²) in [6.45, 7) is 7.58. The number of nitrogens with zero attached hydrogens (tertiary/aromatic N) is 2. The lowest BCUT2D eigenvalue weighted by atomic mass is 9.99. The number of aliphatic hydroxyl groups is 1. The monoisotopic (exact) mass is 436 g/mol. The Morgan fingerprint density at radius 3 is 2.34 bits per heavy atom. The number of nitrogens with two attached hydrogens (primary N) is 1. The summed E-state index contributed by atoms with van der Waals surface area (Å²) in [6, 6.07) is 15.8. The van der Waals surface area contributed by atoms with Gasteiger partial charge in [0.25, 0.3) is 5.91 Å². The van der Waals surface area contributed by atoms with Crippen LogP contribution in [-0.2, 0) is 0 Å². The van der Waals surface area contributed by atoms with E-state index in [1.165, 1.54) is 18.5 Å². The summed E-state index contributed by atoms with van der Waals surface area (Å²) in [6.07, 6.45) is 4.82. The molecule has 6 heteroatoms. The van der Waals surface area contributed by atoms with E-state index in [4.69, 9.17) is 5.73 Å². The van der Waals surface area contributed by atoms with E-state index in [9.17, 15) is 9.90 Å². The van der Waals surface area contributed by atoms with Crippen LogP contribution in [0.4, 0.5) is 17.1 Å². The van der Waals surface area contributed by atoms with Crippen LogP contribution in [0.1, 0.15) is 49.9 Å². The van der Waals surface area contributed by atoms with Gasteiger partial charge in [-0.1, -0.05) is 12.1 Å². The molecule has 0 unspecified atom stereocenters. The van der Waals surface area contributed by atoms with Crippen LogP contribution in [0.2, 0.25) is 0 Å². The molecule has 0 spiro atoms. The fraction of sp³-hybridized carbons (Fsp3) is 0.500. The van der Waals surface area contributed by atoms with Crippen molar-refractivity contribution in [3.05, 3.63) is 54.1 Å². The fourth-order valence-corrected chi connectivity index (χ4v) is 4.59. The van der Waals surface area contributed by atoms with Crippen LogP contribution >= 0.6 is 0 Å². The molecule has 4 rings (SSSR count). The number of hydrogen-bond acceptors (Lipinski definition) is 5. The van der Waals surface area contributed by atoms with E-state index in [1.54, 1.807) is 6.07 Å². The number of rotatable bonds is 8. The molecule has 1 aliphatic carbocycles. The van der Waals surface area contributed by atoms with E-state index in [0.29, 0.717) is 23.0 Å². The van der Waals surface area contributed by atoms with Gasteiger partial charge in [-0.2, -0.15) is 0 Å². The van der Waals surface area contributed by atoms with Crippen molar-refractivity contribution >= 4 is 23.0 Å². The van der Waals surface area contributed by atoms with Crippen LogP contribution in [0.25, 0.3) is 0 Å². The average Bonchev–Trinajstić information content (AvgIpc) is 3.58. The standard InChI is InChI=1S/C26H36N4O2/c1-26(2,32)18-29-15-13-22(14-16-29)30(17-19-7-8-19)21-11-9-20(10-12-21)25(31)28-24-6-4-3-5-23(24)27/h3-6,9-12,19,22,32H,7-8,13-18,27H2,1-2H3,(H,28,31). The predicted molar refractivity (Wildman–Crippen MR) is 131 cm³/mol. The molecular weight excluding hydrogens is 400 g/mol. The Morgan fingerprint density at radius 2 is 1.75 bits per heavy atom. The fourth-order valence-electron chi connectivity index (χ4n) is 4.59. The molecule has 172 valence electrons. The molecule has 1 amide bonds. The Bertz CT molecular complexity index is 910. The molecule has 6 nitrogen and oxygen atoms in total. The van der Waals surface area contributed by atoms with Crippen LogP contribution < -0.4 is 16.0 Å². The quantitative estimate of drug-likeness (QED) is 0.546. The van der Waals surface area contributed by atoms with Gasteiger partial charge in [-0.25, -0.2) is 0 Å². The summed E-state index contributed by atoms with van der Waals surface area (Å²) >= 11 is 0. The lowest BCUT2D eigenvalue weighted by molar-refractivity contribution is 0.0281. The number of likely N-dealkylation sites (tertiary alicyclic amines) is 1. The van der Waals surface area contributed by atoms with Crippen molar-refractivity contribution in [3.63, 3.8) is 0 Å². The maximum Gasteiger partial charge on any atom is 0.255 e. The molecule has 2 aromatic carbocycles. The van der Waals surface area contributed by atoms with Crippen molar-refractivity contribution in [1.29, 1.82) is 0 Å². The molecule has 2 aliphatic rings. The number of anilines is 3. The first-order chi connectivity index (χ1) is 15.3. The molecule has 2 aromatic rings. The SMILES string of the molecule is CC(C)(O)CN1CCC(N(CC2CC2)c2ccc(C(=O)Nc3ccccc3N)cc2)CC1.